The normalized spacial score (nSPS) is 13.4. The van der Waals surface area contributed by atoms with Crippen molar-refractivity contribution in [2.24, 2.45) is 0 Å². The highest BCUT2D eigenvalue weighted by atomic mass is 79.9. The van der Waals surface area contributed by atoms with Crippen molar-refractivity contribution in [3.05, 3.63) is 113 Å². The number of halogens is 1. The van der Waals surface area contributed by atoms with E-state index in [1.165, 1.54) is 22.3 Å². The zero-order valence-corrected chi connectivity index (χ0v) is 20.5. The SMILES string of the molecule is CC1(C)c2ccccc2-c2ccc(-c3nc(-c4ccccc4)nc(-c4ccc(Br)cc4)n3)cc21. The van der Waals surface area contributed by atoms with E-state index >= 15 is 0 Å². The van der Waals surface area contributed by atoms with Crippen molar-refractivity contribution in [1.29, 1.82) is 0 Å². The molecular formula is C30H22BrN3. The molecule has 34 heavy (non-hydrogen) atoms. The smallest absolute Gasteiger partial charge is 0.164 e. The van der Waals surface area contributed by atoms with Gasteiger partial charge < -0.3 is 0 Å². The van der Waals surface area contributed by atoms with E-state index in [0.717, 1.165) is 21.2 Å². The minimum atomic E-state index is -0.0776. The highest BCUT2D eigenvalue weighted by molar-refractivity contribution is 9.10. The standard InChI is InChI=1S/C30H22BrN3/c1-30(2)25-11-7-6-10-23(25)24-17-14-21(18-26(24)30)29-33-27(19-8-4-3-5-9-19)32-28(34-29)20-12-15-22(31)16-13-20/h3-18H,1-2H3. The van der Waals surface area contributed by atoms with Crippen molar-refractivity contribution in [2.75, 3.05) is 0 Å². The average Bonchev–Trinajstić information content (AvgIpc) is 3.11. The second kappa shape index (κ2) is 8.00. The Morgan fingerprint density at radius 1 is 0.529 bits per heavy atom. The summed E-state index contributed by atoms with van der Waals surface area (Å²) in [6, 6.07) is 33.4. The topological polar surface area (TPSA) is 38.7 Å². The Hall–Kier alpha value is -3.63. The summed E-state index contributed by atoms with van der Waals surface area (Å²) < 4.78 is 1.02. The van der Waals surface area contributed by atoms with Crippen molar-refractivity contribution in [3.8, 4) is 45.3 Å². The Balaban J connectivity index is 1.53. The van der Waals surface area contributed by atoms with Gasteiger partial charge in [-0.1, -0.05) is 109 Å². The van der Waals surface area contributed by atoms with Crippen LogP contribution in [-0.2, 0) is 5.41 Å². The first-order valence-corrected chi connectivity index (χ1v) is 12.1. The monoisotopic (exact) mass is 503 g/mol. The Morgan fingerprint density at radius 3 is 1.76 bits per heavy atom. The van der Waals surface area contributed by atoms with Crippen molar-refractivity contribution in [1.82, 2.24) is 15.0 Å². The molecule has 0 N–H and O–H groups in total. The molecule has 5 aromatic rings. The molecule has 3 nitrogen and oxygen atoms in total. The summed E-state index contributed by atoms with van der Waals surface area (Å²) in [4.78, 5) is 14.6. The van der Waals surface area contributed by atoms with Gasteiger partial charge in [0.25, 0.3) is 0 Å². The Bertz CT molecular complexity index is 1520. The lowest BCUT2D eigenvalue weighted by molar-refractivity contribution is 0.660. The highest BCUT2D eigenvalue weighted by Crippen LogP contribution is 2.49. The molecule has 164 valence electrons. The molecule has 0 bridgehead atoms. The molecule has 0 atom stereocenters. The molecule has 1 aromatic heterocycles. The van der Waals surface area contributed by atoms with Crippen LogP contribution in [0.5, 0.6) is 0 Å². The molecule has 1 aliphatic rings. The molecule has 0 spiro atoms. The molecular weight excluding hydrogens is 482 g/mol. The number of hydrogen-bond acceptors (Lipinski definition) is 3. The van der Waals surface area contributed by atoms with Crippen molar-refractivity contribution < 1.29 is 0 Å². The molecule has 0 saturated heterocycles. The summed E-state index contributed by atoms with van der Waals surface area (Å²) in [6.45, 7) is 4.58. The first-order valence-electron chi connectivity index (χ1n) is 11.3. The summed E-state index contributed by atoms with van der Waals surface area (Å²) >= 11 is 3.52. The fourth-order valence-corrected chi connectivity index (χ4v) is 5.06. The molecule has 6 rings (SSSR count). The molecule has 1 heterocycles. The third-order valence-corrected chi connectivity index (χ3v) is 7.14. The van der Waals surface area contributed by atoms with Crippen LogP contribution < -0.4 is 0 Å². The molecule has 0 unspecified atom stereocenters. The average molecular weight is 504 g/mol. The van der Waals surface area contributed by atoms with Gasteiger partial charge in [-0.3, -0.25) is 0 Å². The molecule has 0 aliphatic heterocycles. The van der Waals surface area contributed by atoms with Crippen molar-refractivity contribution in [2.45, 2.75) is 19.3 Å². The van der Waals surface area contributed by atoms with Gasteiger partial charge >= 0.3 is 0 Å². The largest absolute Gasteiger partial charge is 0.208 e. The van der Waals surface area contributed by atoms with Gasteiger partial charge in [0.05, 0.1) is 0 Å². The predicted molar refractivity (Wildman–Crippen MR) is 141 cm³/mol. The number of benzene rings is 4. The number of rotatable bonds is 3. The summed E-state index contributed by atoms with van der Waals surface area (Å²) in [7, 11) is 0. The molecule has 4 aromatic carbocycles. The van der Waals surface area contributed by atoms with Gasteiger partial charge in [0, 0.05) is 26.6 Å². The van der Waals surface area contributed by atoms with Gasteiger partial charge in [0.2, 0.25) is 0 Å². The Morgan fingerprint density at radius 2 is 1.06 bits per heavy atom. The summed E-state index contributed by atoms with van der Waals surface area (Å²) in [6.07, 6.45) is 0. The van der Waals surface area contributed by atoms with Gasteiger partial charge in [-0.15, -0.1) is 0 Å². The Labute approximate surface area is 207 Å². The minimum Gasteiger partial charge on any atom is -0.208 e. The number of nitrogens with zero attached hydrogens (tertiary/aromatic N) is 3. The second-order valence-corrected chi connectivity index (χ2v) is 10.0. The number of fused-ring (bicyclic) bond motifs is 3. The lowest BCUT2D eigenvalue weighted by atomic mass is 9.82. The highest BCUT2D eigenvalue weighted by Gasteiger charge is 2.35. The first-order chi connectivity index (χ1) is 16.5. The summed E-state index contributed by atoms with van der Waals surface area (Å²) in [5.74, 6) is 2.02. The fourth-order valence-electron chi connectivity index (χ4n) is 4.79. The maximum absolute atomic E-state index is 4.91. The third kappa shape index (κ3) is 3.46. The van der Waals surface area contributed by atoms with E-state index in [2.05, 4.69) is 72.2 Å². The van der Waals surface area contributed by atoms with E-state index in [1.54, 1.807) is 0 Å². The lowest BCUT2D eigenvalue weighted by Crippen LogP contribution is -2.15. The summed E-state index contributed by atoms with van der Waals surface area (Å²) in [5, 5.41) is 0. The maximum Gasteiger partial charge on any atom is 0.164 e. The van der Waals surface area contributed by atoms with Crippen LogP contribution in [0.2, 0.25) is 0 Å². The van der Waals surface area contributed by atoms with Crippen LogP contribution in [0.4, 0.5) is 0 Å². The zero-order valence-electron chi connectivity index (χ0n) is 19.0. The van der Waals surface area contributed by atoms with Crippen LogP contribution in [0, 0.1) is 0 Å². The quantitative estimate of drug-likeness (QED) is 0.250. The van der Waals surface area contributed by atoms with Crippen molar-refractivity contribution in [3.63, 3.8) is 0 Å². The van der Waals surface area contributed by atoms with Gasteiger partial charge in [-0.25, -0.2) is 15.0 Å². The van der Waals surface area contributed by atoms with Crippen LogP contribution in [0.15, 0.2) is 102 Å². The third-order valence-electron chi connectivity index (χ3n) is 6.61. The molecule has 4 heteroatoms. The molecule has 1 aliphatic carbocycles. The van der Waals surface area contributed by atoms with Gasteiger partial charge in [-0.2, -0.15) is 0 Å². The minimum absolute atomic E-state index is 0.0776. The zero-order chi connectivity index (χ0) is 23.3. The lowest BCUT2D eigenvalue weighted by Gasteiger charge is -2.21. The summed E-state index contributed by atoms with van der Waals surface area (Å²) in [5.41, 5.74) is 8.11. The molecule has 0 amide bonds. The molecule has 0 fully saturated rings. The van der Waals surface area contributed by atoms with Gasteiger partial charge in [0.15, 0.2) is 17.5 Å². The van der Waals surface area contributed by atoms with E-state index in [-0.39, 0.29) is 5.41 Å². The van der Waals surface area contributed by atoms with E-state index in [9.17, 15) is 0 Å². The maximum atomic E-state index is 4.91. The number of aromatic nitrogens is 3. The van der Waals surface area contributed by atoms with Crippen LogP contribution in [0.3, 0.4) is 0 Å². The van der Waals surface area contributed by atoms with Gasteiger partial charge in [0.1, 0.15) is 0 Å². The van der Waals surface area contributed by atoms with E-state index in [4.69, 9.17) is 15.0 Å². The number of hydrogen-bond donors (Lipinski definition) is 0. The fraction of sp³-hybridized carbons (Fsp3) is 0.100. The second-order valence-electron chi connectivity index (χ2n) is 9.11. The van der Waals surface area contributed by atoms with Gasteiger partial charge in [-0.05, 0) is 40.5 Å². The Kier molecular flexibility index (Phi) is 4.93. The van der Waals surface area contributed by atoms with E-state index in [0.29, 0.717) is 17.5 Å². The van der Waals surface area contributed by atoms with Crippen LogP contribution >= 0.6 is 15.9 Å². The van der Waals surface area contributed by atoms with Crippen LogP contribution in [0.1, 0.15) is 25.0 Å². The molecule has 0 saturated carbocycles. The van der Waals surface area contributed by atoms with E-state index < -0.39 is 0 Å². The predicted octanol–water partition coefficient (Wildman–Crippen LogP) is 7.94. The van der Waals surface area contributed by atoms with Crippen LogP contribution in [-0.4, -0.2) is 15.0 Å². The van der Waals surface area contributed by atoms with Crippen molar-refractivity contribution >= 4 is 15.9 Å². The first kappa shape index (κ1) is 20.9. The molecule has 0 radical (unpaired) electrons. The van der Waals surface area contributed by atoms with Crippen LogP contribution in [0.25, 0.3) is 45.3 Å². The van der Waals surface area contributed by atoms with E-state index in [1.807, 2.05) is 54.6 Å².